The first-order valence-corrected chi connectivity index (χ1v) is 15.2. The van der Waals surface area contributed by atoms with E-state index >= 15 is 0 Å². The number of aromatic nitrogens is 3. The number of carbonyl (C=O) groups is 1. The quantitative estimate of drug-likeness (QED) is 0.205. The van der Waals surface area contributed by atoms with Crippen LogP contribution in [0.5, 0.6) is 5.75 Å². The van der Waals surface area contributed by atoms with Crippen molar-refractivity contribution in [2.75, 3.05) is 12.3 Å². The van der Waals surface area contributed by atoms with Crippen molar-refractivity contribution in [1.29, 1.82) is 0 Å². The first-order chi connectivity index (χ1) is 19.9. The number of nitrogen functional groups attached to an aromatic ring is 1. The number of rotatable bonds is 9. The van der Waals surface area contributed by atoms with Crippen molar-refractivity contribution in [2.24, 2.45) is 0 Å². The third kappa shape index (κ3) is 5.28. The van der Waals surface area contributed by atoms with Gasteiger partial charge in [-0.1, -0.05) is 18.2 Å². The molecular formula is C27H34N5O9P. The summed E-state index contributed by atoms with van der Waals surface area (Å²) in [6, 6.07) is 10.5. The summed E-state index contributed by atoms with van der Waals surface area (Å²) in [5, 5.41) is 29.3. The van der Waals surface area contributed by atoms with E-state index in [9.17, 15) is 19.6 Å². The van der Waals surface area contributed by atoms with Crippen LogP contribution < -0.4 is 15.3 Å². The first kappa shape index (κ1) is 29.0. The van der Waals surface area contributed by atoms with Crippen LogP contribution in [-0.4, -0.2) is 79.0 Å². The number of benzene rings is 1. The summed E-state index contributed by atoms with van der Waals surface area (Å²) in [6.07, 6.45) is -2.74. The van der Waals surface area contributed by atoms with E-state index in [1.165, 1.54) is 17.8 Å². The average molecular weight is 604 g/mol. The number of hydrogen-bond acceptors (Lipinski definition) is 12. The summed E-state index contributed by atoms with van der Waals surface area (Å²) in [4.78, 5) is 16.9. The standard InChI is InChI=1S/C27H34N5O9P/c1-15(25(34)38-17-11-12-37-26(2,3)13-17)31-42(36,40-16-7-5-4-6-8-16)41-23-22-27(23,35)21(33)20(39-22)18-9-10-19-24(28)29-14-30-32(18)19/h4-10,14-15,17,20-23,33,35H,11-13H2,1-3H3,(H,31,36)(H2,28,29,30)/t15?,17?,20-,21-,22+,23?,27-,42?/m0/s1. The van der Waals surface area contributed by atoms with Crippen molar-refractivity contribution in [1.82, 2.24) is 19.7 Å². The van der Waals surface area contributed by atoms with Crippen molar-refractivity contribution in [3.05, 3.63) is 54.5 Å². The van der Waals surface area contributed by atoms with Gasteiger partial charge in [0.25, 0.3) is 0 Å². The second-order valence-corrected chi connectivity index (χ2v) is 13.1. The molecule has 0 spiro atoms. The molecule has 4 unspecified atom stereocenters. The monoisotopic (exact) mass is 603 g/mol. The second kappa shape index (κ2) is 10.6. The van der Waals surface area contributed by atoms with Crippen molar-refractivity contribution in [3.63, 3.8) is 0 Å². The van der Waals surface area contributed by atoms with Crippen LogP contribution in [-0.2, 0) is 28.1 Å². The molecule has 6 rings (SSSR count). The summed E-state index contributed by atoms with van der Waals surface area (Å²) >= 11 is 0. The zero-order chi connectivity index (χ0) is 29.9. The predicted molar refractivity (Wildman–Crippen MR) is 147 cm³/mol. The molecule has 15 heteroatoms. The van der Waals surface area contributed by atoms with E-state index in [-0.39, 0.29) is 17.7 Å². The predicted octanol–water partition coefficient (Wildman–Crippen LogP) is 1.91. The molecule has 3 fully saturated rings. The number of fused-ring (bicyclic) bond motifs is 2. The van der Waals surface area contributed by atoms with Gasteiger partial charge in [-0.25, -0.2) is 14.1 Å². The maximum Gasteiger partial charge on any atom is 0.459 e. The molecule has 0 bridgehead atoms. The molecule has 2 aromatic heterocycles. The highest BCUT2D eigenvalue weighted by atomic mass is 31.2. The molecule has 4 heterocycles. The van der Waals surface area contributed by atoms with Crippen LogP contribution in [0.3, 0.4) is 0 Å². The molecule has 0 radical (unpaired) electrons. The fourth-order valence-electron chi connectivity index (χ4n) is 5.56. The Morgan fingerprint density at radius 1 is 1.26 bits per heavy atom. The third-order valence-corrected chi connectivity index (χ3v) is 9.45. The molecule has 1 aromatic carbocycles. The van der Waals surface area contributed by atoms with E-state index < -0.39 is 55.4 Å². The summed E-state index contributed by atoms with van der Waals surface area (Å²) in [5.41, 5.74) is 4.54. The number of aliphatic hydroxyl groups excluding tert-OH is 1. The van der Waals surface area contributed by atoms with Crippen LogP contribution in [0.25, 0.3) is 5.52 Å². The molecule has 3 aliphatic rings. The van der Waals surface area contributed by atoms with Crippen LogP contribution in [0, 0.1) is 0 Å². The van der Waals surface area contributed by atoms with Crippen LogP contribution in [0.15, 0.2) is 48.8 Å². The third-order valence-electron chi connectivity index (χ3n) is 7.79. The SMILES string of the molecule is CC(NP(=O)(Oc1ccccc1)OC1[C@H]2O[C@@H](c3ccc4c(N)ncnn34)[C@H](O)[C@@]12O)C(=O)OC1CCOC(C)(C)C1. The molecule has 1 aliphatic carbocycles. The van der Waals surface area contributed by atoms with Crippen molar-refractivity contribution in [3.8, 4) is 5.75 Å². The Labute approximate surface area is 241 Å². The lowest BCUT2D eigenvalue weighted by Gasteiger charge is -2.35. The highest BCUT2D eigenvalue weighted by Gasteiger charge is 2.79. The lowest BCUT2D eigenvalue weighted by atomic mass is 9.96. The van der Waals surface area contributed by atoms with Gasteiger partial charge in [-0.05, 0) is 45.0 Å². The molecule has 2 aliphatic heterocycles. The van der Waals surface area contributed by atoms with Crippen LogP contribution in [0.2, 0.25) is 0 Å². The molecule has 42 heavy (non-hydrogen) atoms. The Balaban J connectivity index is 1.17. The minimum absolute atomic E-state index is 0.203. The van der Waals surface area contributed by atoms with E-state index in [4.69, 9.17) is 29.0 Å². The van der Waals surface area contributed by atoms with Gasteiger partial charge in [-0.2, -0.15) is 10.2 Å². The number of hydrogen-bond donors (Lipinski definition) is 4. The average Bonchev–Trinajstić information content (AvgIpc) is 3.19. The zero-order valence-corrected chi connectivity index (χ0v) is 24.2. The molecule has 1 saturated carbocycles. The van der Waals surface area contributed by atoms with Gasteiger partial charge in [0.05, 0.1) is 17.9 Å². The summed E-state index contributed by atoms with van der Waals surface area (Å²) in [5.74, 6) is -0.202. The smallest absolute Gasteiger partial charge is 0.459 e. The van der Waals surface area contributed by atoms with Gasteiger partial charge in [0, 0.05) is 12.8 Å². The topological polar surface area (TPSA) is 189 Å². The number of ether oxygens (including phenoxy) is 3. The maximum absolute atomic E-state index is 14.1. The Bertz CT molecular complexity index is 1520. The second-order valence-electron chi connectivity index (χ2n) is 11.4. The molecule has 0 amide bonds. The summed E-state index contributed by atoms with van der Waals surface area (Å²) in [6.45, 7) is 5.78. The minimum Gasteiger partial charge on any atom is -0.461 e. The number of anilines is 1. The molecule has 2 saturated heterocycles. The van der Waals surface area contributed by atoms with Gasteiger partial charge in [-0.15, -0.1) is 0 Å². The fraction of sp³-hybridized carbons (Fsp3) is 0.519. The largest absolute Gasteiger partial charge is 0.461 e. The summed E-state index contributed by atoms with van der Waals surface area (Å²) < 4.78 is 44.4. The van der Waals surface area contributed by atoms with Gasteiger partial charge in [0.1, 0.15) is 54.2 Å². The number of nitrogens with zero attached hydrogens (tertiary/aromatic N) is 3. The lowest BCUT2D eigenvalue weighted by Crippen LogP contribution is -2.42. The molecule has 5 N–H and O–H groups in total. The van der Waals surface area contributed by atoms with Crippen LogP contribution in [0.1, 0.15) is 45.4 Å². The number of aliphatic hydroxyl groups is 2. The Morgan fingerprint density at radius 2 is 2.02 bits per heavy atom. The highest BCUT2D eigenvalue weighted by molar-refractivity contribution is 7.52. The van der Waals surface area contributed by atoms with E-state index in [0.29, 0.717) is 30.7 Å². The molecule has 14 nitrogen and oxygen atoms in total. The van der Waals surface area contributed by atoms with E-state index in [1.54, 1.807) is 42.5 Å². The fourth-order valence-corrected chi connectivity index (χ4v) is 7.28. The van der Waals surface area contributed by atoms with Crippen LogP contribution in [0.4, 0.5) is 5.82 Å². The molecular weight excluding hydrogens is 569 g/mol. The Morgan fingerprint density at radius 3 is 2.71 bits per heavy atom. The van der Waals surface area contributed by atoms with Crippen molar-refractivity contribution >= 4 is 25.1 Å². The molecule has 8 atom stereocenters. The number of carbonyl (C=O) groups excluding carboxylic acids is 1. The zero-order valence-electron chi connectivity index (χ0n) is 23.3. The minimum atomic E-state index is -4.34. The number of esters is 1. The first-order valence-electron chi connectivity index (χ1n) is 13.7. The van der Waals surface area contributed by atoms with E-state index in [0.717, 1.165) is 0 Å². The van der Waals surface area contributed by atoms with Gasteiger partial charge in [-0.3, -0.25) is 9.32 Å². The van der Waals surface area contributed by atoms with Gasteiger partial charge in [0.15, 0.2) is 11.4 Å². The number of nitrogens with one attached hydrogen (secondary N) is 1. The van der Waals surface area contributed by atoms with E-state index in [2.05, 4.69) is 15.2 Å². The van der Waals surface area contributed by atoms with Crippen molar-refractivity contribution in [2.45, 2.75) is 81.4 Å². The molecule has 226 valence electrons. The Kier molecular flexibility index (Phi) is 7.29. The maximum atomic E-state index is 14.1. The normalized spacial score (nSPS) is 32.1. The molecule has 3 aromatic rings. The van der Waals surface area contributed by atoms with Gasteiger partial charge >= 0.3 is 13.7 Å². The highest BCUT2D eigenvalue weighted by Crippen LogP contribution is 2.61. The van der Waals surface area contributed by atoms with Gasteiger partial charge in [0.2, 0.25) is 0 Å². The Hall–Kier alpha value is -3.10. The summed E-state index contributed by atoms with van der Waals surface area (Å²) in [7, 11) is -4.34. The van der Waals surface area contributed by atoms with Crippen molar-refractivity contribution < 1.29 is 42.8 Å². The lowest BCUT2D eigenvalue weighted by molar-refractivity contribution is -0.163. The number of para-hydroxylation sites is 1. The van der Waals surface area contributed by atoms with Crippen LogP contribution >= 0.6 is 7.75 Å². The number of nitrogens with two attached hydrogens (primary N) is 1. The van der Waals surface area contributed by atoms with Gasteiger partial charge < -0.3 is 34.7 Å². The van der Waals surface area contributed by atoms with E-state index in [1.807, 2.05) is 13.8 Å².